The third kappa shape index (κ3) is 2.45. The summed E-state index contributed by atoms with van der Waals surface area (Å²) in [6.07, 6.45) is 4.46. The first-order valence-electron chi connectivity index (χ1n) is 5.34. The topological polar surface area (TPSA) is 92.9 Å². The summed E-state index contributed by atoms with van der Waals surface area (Å²) in [5.41, 5.74) is 2.25. The minimum absolute atomic E-state index is 0.103. The fourth-order valence-corrected chi connectivity index (χ4v) is 1.63. The minimum atomic E-state index is -1.03. The molecule has 0 aliphatic carbocycles. The van der Waals surface area contributed by atoms with Gasteiger partial charge in [0.05, 0.1) is 23.6 Å². The summed E-state index contributed by atoms with van der Waals surface area (Å²) < 4.78 is 1.69. The molecule has 94 valence electrons. The van der Waals surface area contributed by atoms with Gasteiger partial charge in [-0.3, -0.25) is 4.68 Å². The molecule has 2 heterocycles. The fourth-order valence-electron chi connectivity index (χ4n) is 1.63. The van der Waals surface area contributed by atoms with Crippen molar-refractivity contribution in [3.8, 4) is 0 Å². The van der Waals surface area contributed by atoms with E-state index in [4.69, 9.17) is 5.11 Å². The van der Waals surface area contributed by atoms with Gasteiger partial charge in [0.1, 0.15) is 11.9 Å². The Morgan fingerprint density at radius 1 is 1.56 bits per heavy atom. The van der Waals surface area contributed by atoms with Crippen molar-refractivity contribution in [2.45, 2.75) is 13.5 Å². The second-order valence-electron chi connectivity index (χ2n) is 3.84. The molecule has 0 amide bonds. The summed E-state index contributed by atoms with van der Waals surface area (Å²) >= 11 is 0. The summed E-state index contributed by atoms with van der Waals surface area (Å²) in [7, 11) is 1.82. The predicted molar refractivity (Wildman–Crippen MR) is 64.3 cm³/mol. The van der Waals surface area contributed by atoms with Gasteiger partial charge in [-0.2, -0.15) is 5.10 Å². The van der Waals surface area contributed by atoms with Crippen molar-refractivity contribution in [2.75, 3.05) is 5.32 Å². The molecule has 0 aromatic carbocycles. The number of aromatic carboxylic acids is 1. The lowest BCUT2D eigenvalue weighted by molar-refractivity contribution is 0.0694. The molecule has 7 nitrogen and oxygen atoms in total. The third-order valence-electron chi connectivity index (χ3n) is 2.48. The van der Waals surface area contributed by atoms with Gasteiger partial charge in [-0.25, -0.2) is 14.8 Å². The van der Waals surface area contributed by atoms with Crippen LogP contribution in [0.5, 0.6) is 0 Å². The van der Waals surface area contributed by atoms with Crippen LogP contribution in [0, 0.1) is 6.92 Å². The number of aromatic nitrogens is 4. The molecule has 0 bridgehead atoms. The second kappa shape index (κ2) is 4.82. The zero-order chi connectivity index (χ0) is 13.1. The largest absolute Gasteiger partial charge is 0.478 e. The molecule has 0 aliphatic heterocycles. The first kappa shape index (κ1) is 12.0. The standard InChI is InChI=1S/C11H13N5O2/c1-7-10(5-16(2)15-7)13-4-9-8(11(17)18)3-12-6-14-9/h3,5-6,13H,4H2,1-2H3,(H,17,18). The first-order chi connectivity index (χ1) is 8.58. The van der Waals surface area contributed by atoms with Crippen molar-refractivity contribution in [1.29, 1.82) is 0 Å². The van der Waals surface area contributed by atoms with E-state index in [0.717, 1.165) is 11.4 Å². The Balaban J connectivity index is 2.15. The van der Waals surface area contributed by atoms with Crippen LogP contribution in [0.25, 0.3) is 0 Å². The number of hydrogen-bond acceptors (Lipinski definition) is 5. The molecule has 7 heteroatoms. The molecule has 0 saturated heterocycles. The van der Waals surface area contributed by atoms with Crippen LogP contribution in [0.4, 0.5) is 5.69 Å². The van der Waals surface area contributed by atoms with Gasteiger partial charge < -0.3 is 10.4 Å². The van der Waals surface area contributed by atoms with Gasteiger partial charge in [0.15, 0.2) is 0 Å². The van der Waals surface area contributed by atoms with Crippen LogP contribution in [0.1, 0.15) is 21.7 Å². The number of rotatable bonds is 4. The number of carboxylic acids is 1. The summed E-state index contributed by atoms with van der Waals surface area (Å²) in [6.45, 7) is 2.19. The Bertz CT molecular complexity index is 579. The summed E-state index contributed by atoms with van der Waals surface area (Å²) in [4.78, 5) is 18.7. The van der Waals surface area contributed by atoms with E-state index in [-0.39, 0.29) is 5.56 Å². The molecule has 18 heavy (non-hydrogen) atoms. The van der Waals surface area contributed by atoms with Crippen LogP contribution in [-0.4, -0.2) is 30.8 Å². The van der Waals surface area contributed by atoms with E-state index in [2.05, 4.69) is 20.4 Å². The maximum absolute atomic E-state index is 11.0. The van der Waals surface area contributed by atoms with E-state index in [0.29, 0.717) is 12.2 Å². The van der Waals surface area contributed by atoms with Crippen LogP contribution in [0.3, 0.4) is 0 Å². The van der Waals surface area contributed by atoms with Crippen molar-refractivity contribution >= 4 is 11.7 Å². The highest BCUT2D eigenvalue weighted by Gasteiger charge is 2.11. The summed E-state index contributed by atoms with van der Waals surface area (Å²) in [5.74, 6) is -1.03. The van der Waals surface area contributed by atoms with Gasteiger partial charge >= 0.3 is 5.97 Å². The van der Waals surface area contributed by atoms with Crippen molar-refractivity contribution in [2.24, 2.45) is 7.05 Å². The van der Waals surface area contributed by atoms with E-state index in [9.17, 15) is 4.79 Å². The number of nitrogens with one attached hydrogen (secondary N) is 1. The van der Waals surface area contributed by atoms with Gasteiger partial charge in [-0.15, -0.1) is 0 Å². The minimum Gasteiger partial charge on any atom is -0.478 e. The molecule has 0 fully saturated rings. The molecule has 0 unspecified atom stereocenters. The lowest BCUT2D eigenvalue weighted by atomic mass is 10.2. The average Bonchev–Trinajstić information content (AvgIpc) is 2.65. The Kier molecular flexibility index (Phi) is 3.22. The van der Waals surface area contributed by atoms with E-state index in [1.165, 1.54) is 12.5 Å². The molecule has 0 saturated carbocycles. The van der Waals surface area contributed by atoms with E-state index < -0.39 is 5.97 Å². The second-order valence-corrected chi connectivity index (χ2v) is 3.84. The number of aryl methyl sites for hydroxylation is 2. The molecule has 0 atom stereocenters. The van der Waals surface area contributed by atoms with Gasteiger partial charge in [0, 0.05) is 19.4 Å². The maximum Gasteiger partial charge on any atom is 0.339 e. The van der Waals surface area contributed by atoms with Crippen molar-refractivity contribution in [1.82, 2.24) is 19.7 Å². The molecule has 2 aromatic heterocycles. The zero-order valence-corrected chi connectivity index (χ0v) is 10.1. The quantitative estimate of drug-likeness (QED) is 0.831. The predicted octanol–water partition coefficient (Wildman–Crippen LogP) is 0.829. The molecular weight excluding hydrogens is 234 g/mol. The van der Waals surface area contributed by atoms with Crippen molar-refractivity contribution in [3.05, 3.63) is 35.7 Å². The number of nitrogens with zero attached hydrogens (tertiary/aromatic N) is 4. The highest BCUT2D eigenvalue weighted by Crippen LogP contribution is 2.13. The van der Waals surface area contributed by atoms with E-state index in [1.807, 2.05) is 20.2 Å². The molecule has 2 rings (SSSR count). The zero-order valence-electron chi connectivity index (χ0n) is 10.1. The monoisotopic (exact) mass is 247 g/mol. The van der Waals surface area contributed by atoms with Gasteiger partial charge in [-0.05, 0) is 6.92 Å². The smallest absolute Gasteiger partial charge is 0.339 e. The number of hydrogen-bond donors (Lipinski definition) is 2. The molecule has 0 spiro atoms. The molecule has 0 radical (unpaired) electrons. The fraction of sp³-hybridized carbons (Fsp3) is 0.273. The number of anilines is 1. The number of carbonyl (C=O) groups is 1. The molecular formula is C11H13N5O2. The Morgan fingerprint density at radius 3 is 2.94 bits per heavy atom. The molecule has 2 aromatic rings. The van der Waals surface area contributed by atoms with Crippen LogP contribution >= 0.6 is 0 Å². The average molecular weight is 247 g/mol. The van der Waals surface area contributed by atoms with Gasteiger partial charge in [-0.1, -0.05) is 0 Å². The molecule has 0 aliphatic rings. The van der Waals surface area contributed by atoms with Gasteiger partial charge in [0.25, 0.3) is 0 Å². The van der Waals surface area contributed by atoms with Crippen LogP contribution in [0.2, 0.25) is 0 Å². The Labute approximate surface area is 104 Å². The lowest BCUT2D eigenvalue weighted by Crippen LogP contribution is -2.10. The summed E-state index contributed by atoms with van der Waals surface area (Å²) in [6, 6.07) is 0. The van der Waals surface area contributed by atoms with Crippen molar-refractivity contribution < 1.29 is 9.90 Å². The van der Waals surface area contributed by atoms with Crippen LogP contribution in [0.15, 0.2) is 18.7 Å². The lowest BCUT2D eigenvalue weighted by Gasteiger charge is -2.06. The van der Waals surface area contributed by atoms with E-state index >= 15 is 0 Å². The van der Waals surface area contributed by atoms with Crippen molar-refractivity contribution in [3.63, 3.8) is 0 Å². The Hall–Kier alpha value is -2.44. The van der Waals surface area contributed by atoms with E-state index in [1.54, 1.807) is 4.68 Å². The highest BCUT2D eigenvalue weighted by molar-refractivity contribution is 5.88. The van der Waals surface area contributed by atoms with Crippen LogP contribution < -0.4 is 5.32 Å². The molecule has 2 N–H and O–H groups in total. The van der Waals surface area contributed by atoms with Crippen LogP contribution in [-0.2, 0) is 13.6 Å². The SMILES string of the molecule is Cc1nn(C)cc1NCc1ncncc1C(=O)O. The number of carboxylic acid groups (broad SMARTS) is 1. The Morgan fingerprint density at radius 2 is 2.33 bits per heavy atom. The van der Waals surface area contributed by atoms with Gasteiger partial charge in [0.2, 0.25) is 0 Å². The maximum atomic E-state index is 11.0. The first-order valence-corrected chi connectivity index (χ1v) is 5.34. The highest BCUT2D eigenvalue weighted by atomic mass is 16.4. The summed E-state index contributed by atoms with van der Waals surface area (Å²) in [5, 5.41) is 16.3. The normalized spacial score (nSPS) is 10.3. The third-order valence-corrected chi connectivity index (χ3v) is 2.48.